The first-order chi connectivity index (χ1) is 9.45. The van der Waals surface area contributed by atoms with Crippen LogP contribution in [0, 0.1) is 6.92 Å². The molecule has 1 aromatic rings. The van der Waals surface area contributed by atoms with Crippen LogP contribution in [-0.4, -0.2) is 38.2 Å². The van der Waals surface area contributed by atoms with E-state index < -0.39 is 0 Å². The van der Waals surface area contributed by atoms with Gasteiger partial charge in [0, 0.05) is 17.6 Å². The fourth-order valence-corrected chi connectivity index (χ4v) is 2.19. The Bertz CT molecular complexity index is 404. The molecule has 1 N–H and O–H groups in total. The summed E-state index contributed by atoms with van der Waals surface area (Å²) >= 11 is 0. The van der Waals surface area contributed by atoms with Crippen LogP contribution in [0.15, 0.2) is 18.2 Å². The van der Waals surface area contributed by atoms with Gasteiger partial charge < -0.3 is 15.0 Å². The summed E-state index contributed by atoms with van der Waals surface area (Å²) in [7, 11) is 3.92. The molecule has 1 unspecified atom stereocenters. The Morgan fingerprint density at radius 1 is 1.25 bits per heavy atom. The summed E-state index contributed by atoms with van der Waals surface area (Å²) in [5.41, 5.74) is 2.46. The molecule has 1 atom stereocenters. The van der Waals surface area contributed by atoms with Crippen LogP contribution >= 0.6 is 0 Å². The Balaban J connectivity index is 2.45. The number of methoxy groups -OCH3 is 1. The van der Waals surface area contributed by atoms with Crippen molar-refractivity contribution in [1.82, 2.24) is 10.2 Å². The van der Waals surface area contributed by atoms with Crippen molar-refractivity contribution in [1.29, 1.82) is 0 Å². The lowest BCUT2D eigenvalue weighted by Gasteiger charge is -2.22. The fourth-order valence-electron chi connectivity index (χ4n) is 2.19. The zero-order valence-corrected chi connectivity index (χ0v) is 13.9. The van der Waals surface area contributed by atoms with Crippen LogP contribution in [-0.2, 0) is 0 Å². The van der Waals surface area contributed by atoms with Crippen LogP contribution in [0.5, 0.6) is 5.75 Å². The van der Waals surface area contributed by atoms with Gasteiger partial charge in [-0.15, -0.1) is 0 Å². The standard InChI is InChI=1S/C17H30N2O/c1-13(2)19(5)11-7-10-18-15(4)16-9-8-14(3)12-17(16)20-6/h8-9,12-13,15,18H,7,10-11H2,1-6H3. The molecule has 0 saturated carbocycles. The summed E-state index contributed by atoms with van der Waals surface area (Å²) in [5, 5.41) is 3.58. The summed E-state index contributed by atoms with van der Waals surface area (Å²) in [6.07, 6.45) is 1.16. The van der Waals surface area contributed by atoms with E-state index in [9.17, 15) is 0 Å². The molecule has 20 heavy (non-hydrogen) atoms. The van der Waals surface area contributed by atoms with Crippen LogP contribution in [0.1, 0.15) is 44.4 Å². The minimum absolute atomic E-state index is 0.315. The molecule has 0 saturated heterocycles. The molecule has 0 aliphatic carbocycles. The molecule has 0 amide bonds. The second kappa shape index (κ2) is 8.28. The van der Waals surface area contributed by atoms with Gasteiger partial charge in [-0.3, -0.25) is 0 Å². The van der Waals surface area contributed by atoms with Crippen molar-refractivity contribution in [2.75, 3.05) is 27.2 Å². The highest BCUT2D eigenvalue weighted by Gasteiger charge is 2.11. The van der Waals surface area contributed by atoms with Crippen LogP contribution in [0.2, 0.25) is 0 Å². The summed E-state index contributed by atoms with van der Waals surface area (Å²) < 4.78 is 5.48. The molecule has 1 rings (SSSR count). The van der Waals surface area contributed by atoms with Crippen LogP contribution < -0.4 is 10.1 Å². The third-order valence-corrected chi connectivity index (χ3v) is 3.88. The monoisotopic (exact) mass is 278 g/mol. The molecule has 114 valence electrons. The van der Waals surface area contributed by atoms with Gasteiger partial charge in [0.05, 0.1) is 7.11 Å². The lowest BCUT2D eigenvalue weighted by molar-refractivity contribution is 0.268. The first-order valence-electron chi connectivity index (χ1n) is 7.54. The van der Waals surface area contributed by atoms with Crippen molar-refractivity contribution in [3.8, 4) is 5.75 Å². The Morgan fingerprint density at radius 2 is 1.95 bits per heavy atom. The molecule has 3 heteroatoms. The zero-order valence-electron chi connectivity index (χ0n) is 13.9. The number of nitrogens with one attached hydrogen (secondary N) is 1. The number of hydrogen-bond donors (Lipinski definition) is 1. The largest absolute Gasteiger partial charge is 0.496 e. The summed E-state index contributed by atoms with van der Waals surface area (Å²) in [5.74, 6) is 0.976. The molecule has 0 aromatic heterocycles. The maximum atomic E-state index is 5.48. The predicted octanol–water partition coefficient (Wildman–Crippen LogP) is 3.38. The lowest BCUT2D eigenvalue weighted by atomic mass is 10.0. The van der Waals surface area contributed by atoms with Gasteiger partial charge in [0.2, 0.25) is 0 Å². The quantitative estimate of drug-likeness (QED) is 0.738. The first-order valence-corrected chi connectivity index (χ1v) is 7.54. The van der Waals surface area contributed by atoms with E-state index in [1.165, 1.54) is 11.1 Å². The minimum atomic E-state index is 0.315. The minimum Gasteiger partial charge on any atom is -0.496 e. The summed E-state index contributed by atoms with van der Waals surface area (Å²) in [4.78, 5) is 2.37. The molecule has 1 aromatic carbocycles. The predicted molar refractivity (Wildman–Crippen MR) is 86.5 cm³/mol. The van der Waals surface area contributed by atoms with E-state index in [0.29, 0.717) is 12.1 Å². The summed E-state index contributed by atoms with van der Waals surface area (Å²) in [6, 6.07) is 7.33. The van der Waals surface area contributed by atoms with Crippen molar-refractivity contribution in [3.63, 3.8) is 0 Å². The van der Waals surface area contributed by atoms with Gasteiger partial charge in [0.25, 0.3) is 0 Å². The fraction of sp³-hybridized carbons (Fsp3) is 0.647. The number of aryl methyl sites for hydroxylation is 1. The molecule has 0 aliphatic heterocycles. The van der Waals surface area contributed by atoms with E-state index in [1.807, 2.05) is 0 Å². The highest BCUT2D eigenvalue weighted by Crippen LogP contribution is 2.25. The molecule has 0 bridgehead atoms. The van der Waals surface area contributed by atoms with Crippen LogP contribution in [0.25, 0.3) is 0 Å². The zero-order chi connectivity index (χ0) is 15.1. The summed E-state index contributed by atoms with van der Waals surface area (Å²) in [6.45, 7) is 10.9. The highest BCUT2D eigenvalue weighted by atomic mass is 16.5. The number of rotatable bonds is 8. The smallest absolute Gasteiger partial charge is 0.123 e. The SMILES string of the molecule is COc1cc(C)ccc1C(C)NCCCN(C)C(C)C. The number of hydrogen-bond acceptors (Lipinski definition) is 3. The van der Waals surface area contributed by atoms with Crippen molar-refractivity contribution in [3.05, 3.63) is 29.3 Å². The molecule has 0 spiro atoms. The van der Waals surface area contributed by atoms with Crippen molar-refractivity contribution >= 4 is 0 Å². The molecule has 0 heterocycles. The second-order valence-corrected chi connectivity index (χ2v) is 5.85. The van der Waals surface area contributed by atoms with E-state index in [0.717, 1.165) is 25.3 Å². The Morgan fingerprint density at radius 3 is 2.55 bits per heavy atom. The van der Waals surface area contributed by atoms with Crippen molar-refractivity contribution in [2.45, 2.75) is 46.2 Å². The normalized spacial score (nSPS) is 13.0. The molecule has 0 radical (unpaired) electrons. The topological polar surface area (TPSA) is 24.5 Å². The van der Waals surface area contributed by atoms with Gasteiger partial charge in [-0.05, 0) is 65.9 Å². The third kappa shape index (κ3) is 5.14. The van der Waals surface area contributed by atoms with Gasteiger partial charge in [-0.1, -0.05) is 12.1 Å². The average Bonchev–Trinajstić information content (AvgIpc) is 2.42. The van der Waals surface area contributed by atoms with Crippen LogP contribution in [0.4, 0.5) is 0 Å². The van der Waals surface area contributed by atoms with Crippen molar-refractivity contribution < 1.29 is 4.74 Å². The Kier molecular flexibility index (Phi) is 7.03. The Hall–Kier alpha value is -1.06. The third-order valence-electron chi connectivity index (χ3n) is 3.88. The van der Waals surface area contributed by atoms with E-state index in [4.69, 9.17) is 4.74 Å². The molecule has 0 fully saturated rings. The van der Waals surface area contributed by atoms with E-state index in [2.05, 4.69) is 63.2 Å². The van der Waals surface area contributed by atoms with E-state index >= 15 is 0 Å². The highest BCUT2D eigenvalue weighted by molar-refractivity contribution is 5.38. The van der Waals surface area contributed by atoms with Gasteiger partial charge >= 0.3 is 0 Å². The molecule has 0 aliphatic rings. The first kappa shape index (κ1) is 17.0. The molecular formula is C17H30N2O. The Labute approximate surface area is 124 Å². The molecular weight excluding hydrogens is 248 g/mol. The van der Waals surface area contributed by atoms with E-state index in [1.54, 1.807) is 7.11 Å². The maximum Gasteiger partial charge on any atom is 0.123 e. The van der Waals surface area contributed by atoms with Crippen molar-refractivity contribution in [2.24, 2.45) is 0 Å². The van der Waals surface area contributed by atoms with Gasteiger partial charge in [-0.2, -0.15) is 0 Å². The second-order valence-electron chi connectivity index (χ2n) is 5.85. The number of nitrogens with zero attached hydrogens (tertiary/aromatic N) is 1. The maximum absolute atomic E-state index is 5.48. The average molecular weight is 278 g/mol. The lowest BCUT2D eigenvalue weighted by Crippen LogP contribution is -2.30. The van der Waals surface area contributed by atoms with E-state index in [-0.39, 0.29) is 0 Å². The number of ether oxygens (including phenoxy) is 1. The van der Waals surface area contributed by atoms with Crippen LogP contribution in [0.3, 0.4) is 0 Å². The van der Waals surface area contributed by atoms with Gasteiger partial charge in [-0.25, -0.2) is 0 Å². The number of benzene rings is 1. The van der Waals surface area contributed by atoms with Gasteiger partial charge in [0.15, 0.2) is 0 Å². The van der Waals surface area contributed by atoms with Gasteiger partial charge in [0.1, 0.15) is 5.75 Å². The molecule has 3 nitrogen and oxygen atoms in total.